The maximum Gasteiger partial charge on any atom is 0.410 e. The number of carbonyl (C=O) groups excluding carboxylic acids is 1. The van der Waals surface area contributed by atoms with Crippen molar-refractivity contribution in [3.8, 4) is 0 Å². The third kappa shape index (κ3) is 3.14. The molecule has 0 spiro atoms. The van der Waals surface area contributed by atoms with E-state index in [2.05, 4.69) is 31.0 Å². The Hall–Kier alpha value is -1.52. The van der Waals surface area contributed by atoms with E-state index >= 15 is 0 Å². The molecule has 0 aromatic carbocycles. The van der Waals surface area contributed by atoms with Crippen LogP contribution in [-0.4, -0.2) is 33.3 Å². The summed E-state index contributed by atoms with van der Waals surface area (Å²) in [6.45, 7) is 13.4. The number of hydrogen-bond acceptors (Lipinski definition) is 3. The minimum Gasteiger partial charge on any atom is -0.444 e. The van der Waals surface area contributed by atoms with Gasteiger partial charge >= 0.3 is 6.09 Å². The summed E-state index contributed by atoms with van der Waals surface area (Å²) < 4.78 is 5.42. The van der Waals surface area contributed by atoms with E-state index < -0.39 is 5.60 Å². The van der Waals surface area contributed by atoms with Gasteiger partial charge in [0.2, 0.25) is 0 Å². The number of H-pyrrole nitrogens is 1. The highest BCUT2D eigenvalue weighted by Crippen LogP contribution is 2.29. The van der Waals surface area contributed by atoms with E-state index in [0.717, 1.165) is 17.8 Å². The molecule has 2 heterocycles. The van der Waals surface area contributed by atoms with Crippen LogP contribution in [0.4, 0.5) is 4.79 Å². The van der Waals surface area contributed by atoms with Gasteiger partial charge in [-0.15, -0.1) is 0 Å². The maximum atomic E-state index is 12.1. The Morgan fingerprint density at radius 2 is 1.90 bits per heavy atom. The minimum atomic E-state index is -0.456. The first-order valence-corrected chi connectivity index (χ1v) is 7.12. The molecule has 0 radical (unpaired) electrons. The molecule has 0 atom stereocenters. The highest BCUT2D eigenvalue weighted by Gasteiger charge is 2.31. The van der Waals surface area contributed by atoms with Gasteiger partial charge in [0, 0.05) is 17.5 Å². The van der Waals surface area contributed by atoms with E-state index in [1.165, 1.54) is 5.56 Å². The van der Waals surface area contributed by atoms with E-state index in [1.54, 1.807) is 4.90 Å². The van der Waals surface area contributed by atoms with Gasteiger partial charge in [-0.1, -0.05) is 20.8 Å². The van der Waals surface area contributed by atoms with Crippen molar-refractivity contribution in [3.63, 3.8) is 0 Å². The summed E-state index contributed by atoms with van der Waals surface area (Å²) in [4.78, 5) is 13.8. The fourth-order valence-corrected chi connectivity index (χ4v) is 2.42. The predicted molar refractivity (Wildman–Crippen MR) is 77.6 cm³/mol. The van der Waals surface area contributed by atoms with Crippen LogP contribution in [0, 0.1) is 0 Å². The highest BCUT2D eigenvalue weighted by atomic mass is 16.6. The van der Waals surface area contributed by atoms with Gasteiger partial charge in [-0.25, -0.2) is 4.79 Å². The summed E-state index contributed by atoms with van der Waals surface area (Å²) in [5, 5.41) is 7.51. The number of aromatic nitrogens is 2. The molecule has 5 nitrogen and oxygen atoms in total. The molecular formula is C15H25N3O2. The van der Waals surface area contributed by atoms with E-state index in [9.17, 15) is 4.79 Å². The van der Waals surface area contributed by atoms with Crippen LogP contribution < -0.4 is 0 Å². The third-order valence-corrected chi connectivity index (χ3v) is 3.30. The zero-order valence-corrected chi connectivity index (χ0v) is 13.3. The van der Waals surface area contributed by atoms with E-state index in [0.29, 0.717) is 13.1 Å². The molecule has 1 aliphatic heterocycles. The largest absolute Gasteiger partial charge is 0.444 e. The molecule has 0 saturated heterocycles. The van der Waals surface area contributed by atoms with E-state index in [4.69, 9.17) is 4.74 Å². The number of aromatic amines is 1. The molecule has 1 amide bonds. The second-order valence-corrected chi connectivity index (χ2v) is 7.43. The number of amides is 1. The molecule has 1 aliphatic rings. The van der Waals surface area contributed by atoms with Gasteiger partial charge in [0.15, 0.2) is 0 Å². The van der Waals surface area contributed by atoms with Gasteiger partial charge in [0.25, 0.3) is 0 Å². The number of nitrogens with zero attached hydrogens (tertiary/aromatic N) is 2. The van der Waals surface area contributed by atoms with Crippen LogP contribution >= 0.6 is 0 Å². The molecule has 0 aliphatic carbocycles. The second kappa shape index (κ2) is 4.79. The van der Waals surface area contributed by atoms with Gasteiger partial charge in [0.05, 0.1) is 17.9 Å². The van der Waals surface area contributed by atoms with Gasteiger partial charge < -0.3 is 9.64 Å². The summed E-state index contributed by atoms with van der Waals surface area (Å²) in [6.07, 6.45) is 0.576. The van der Waals surface area contributed by atoms with Crippen molar-refractivity contribution in [2.24, 2.45) is 0 Å². The van der Waals surface area contributed by atoms with Gasteiger partial charge in [0.1, 0.15) is 5.60 Å². The summed E-state index contributed by atoms with van der Waals surface area (Å²) in [5.41, 5.74) is 2.97. The maximum absolute atomic E-state index is 12.1. The lowest BCUT2D eigenvalue weighted by atomic mass is 9.87. The van der Waals surface area contributed by atoms with Crippen molar-refractivity contribution in [1.82, 2.24) is 15.1 Å². The quantitative estimate of drug-likeness (QED) is 0.794. The Bertz CT molecular complexity index is 506. The summed E-state index contributed by atoms with van der Waals surface area (Å²) in [6, 6.07) is 0. The Labute approximate surface area is 120 Å². The number of nitrogens with one attached hydrogen (secondary N) is 1. The molecule has 5 heteroatoms. The monoisotopic (exact) mass is 279 g/mol. The first kappa shape index (κ1) is 14.9. The zero-order chi connectivity index (χ0) is 15.1. The standard InChI is InChI=1S/C15H25N3O2/c1-14(2,3)12-10-7-8-18(9-11(10)16-17-12)13(19)20-15(4,5)6/h7-9H2,1-6H3,(H,16,17). The average molecular weight is 279 g/mol. The lowest BCUT2D eigenvalue weighted by Gasteiger charge is -2.30. The van der Waals surface area contributed by atoms with Gasteiger partial charge in [-0.3, -0.25) is 5.10 Å². The fraction of sp³-hybridized carbons (Fsp3) is 0.733. The predicted octanol–water partition coefficient (Wildman–Crippen LogP) is 3.00. The summed E-state index contributed by atoms with van der Waals surface area (Å²) in [5.74, 6) is 0. The van der Waals surface area contributed by atoms with Crippen LogP contribution in [0.25, 0.3) is 0 Å². The molecule has 20 heavy (non-hydrogen) atoms. The number of fused-ring (bicyclic) bond motifs is 1. The summed E-state index contributed by atoms with van der Waals surface area (Å²) in [7, 11) is 0. The van der Waals surface area contributed by atoms with Crippen LogP contribution in [0.15, 0.2) is 0 Å². The molecule has 1 aromatic heterocycles. The van der Waals surface area contributed by atoms with Crippen LogP contribution in [0.5, 0.6) is 0 Å². The second-order valence-electron chi connectivity index (χ2n) is 7.43. The first-order chi connectivity index (χ1) is 9.08. The lowest BCUT2D eigenvalue weighted by Crippen LogP contribution is -2.40. The zero-order valence-electron chi connectivity index (χ0n) is 13.3. The van der Waals surface area contributed by atoms with E-state index in [1.807, 2.05) is 20.8 Å². The Morgan fingerprint density at radius 1 is 1.25 bits per heavy atom. The highest BCUT2D eigenvalue weighted by molar-refractivity contribution is 5.68. The third-order valence-electron chi connectivity index (χ3n) is 3.30. The van der Waals surface area contributed by atoms with Crippen LogP contribution in [0.2, 0.25) is 0 Å². The molecule has 1 N–H and O–H groups in total. The van der Waals surface area contributed by atoms with Crippen molar-refractivity contribution in [1.29, 1.82) is 0 Å². The molecule has 0 fully saturated rings. The van der Waals surface area contributed by atoms with Crippen molar-refractivity contribution in [2.45, 2.75) is 65.5 Å². The molecular weight excluding hydrogens is 254 g/mol. The molecule has 0 bridgehead atoms. The van der Waals surface area contributed by atoms with E-state index in [-0.39, 0.29) is 11.5 Å². The average Bonchev–Trinajstić information content (AvgIpc) is 2.68. The van der Waals surface area contributed by atoms with Crippen molar-refractivity contribution < 1.29 is 9.53 Å². The molecule has 0 unspecified atom stereocenters. The van der Waals surface area contributed by atoms with Crippen molar-refractivity contribution in [3.05, 3.63) is 17.0 Å². The molecule has 1 aromatic rings. The van der Waals surface area contributed by atoms with Crippen molar-refractivity contribution >= 4 is 6.09 Å². The SMILES string of the molecule is CC(C)(C)OC(=O)N1CCc2c(C(C)(C)C)n[nH]c2C1. The molecule has 112 valence electrons. The lowest BCUT2D eigenvalue weighted by molar-refractivity contribution is 0.0221. The number of carbonyl (C=O) groups is 1. The number of ether oxygens (including phenoxy) is 1. The Morgan fingerprint density at radius 3 is 2.45 bits per heavy atom. The number of hydrogen-bond donors (Lipinski definition) is 1. The Kier molecular flexibility index (Phi) is 3.56. The van der Waals surface area contributed by atoms with Gasteiger partial charge in [-0.2, -0.15) is 5.10 Å². The molecule has 0 saturated carbocycles. The van der Waals surface area contributed by atoms with Gasteiger partial charge in [-0.05, 0) is 27.2 Å². The Balaban J connectivity index is 2.13. The van der Waals surface area contributed by atoms with Crippen LogP contribution in [-0.2, 0) is 23.1 Å². The van der Waals surface area contributed by atoms with Crippen molar-refractivity contribution in [2.75, 3.05) is 6.54 Å². The van der Waals surface area contributed by atoms with Crippen LogP contribution in [0.3, 0.4) is 0 Å². The number of rotatable bonds is 0. The summed E-state index contributed by atoms with van der Waals surface area (Å²) >= 11 is 0. The topological polar surface area (TPSA) is 58.2 Å². The first-order valence-electron chi connectivity index (χ1n) is 7.12. The smallest absolute Gasteiger partial charge is 0.410 e. The molecule has 2 rings (SSSR count). The van der Waals surface area contributed by atoms with Crippen LogP contribution in [0.1, 0.15) is 58.5 Å². The normalized spacial score (nSPS) is 16.0. The minimum absolute atomic E-state index is 0.0260. The fourth-order valence-electron chi connectivity index (χ4n) is 2.42.